The van der Waals surface area contributed by atoms with E-state index in [1.807, 2.05) is 4.90 Å². The van der Waals surface area contributed by atoms with Crippen LogP contribution in [0.4, 0.5) is 5.69 Å². The summed E-state index contributed by atoms with van der Waals surface area (Å²) in [6, 6.07) is 8.40. The molecule has 23 heavy (non-hydrogen) atoms. The minimum atomic E-state index is 0.0521. The standard InChI is InChI=1S/C19H23N3O/c1-3-5-16(4-2)18(23)22-13-19(14-22)11-21(12-19)17-8-6-15(10-20)7-9-17/h3-9H,1-2,10-14,20H2/b16-5+. The van der Waals surface area contributed by atoms with Gasteiger partial charge in [-0.05, 0) is 17.7 Å². The first-order chi connectivity index (χ1) is 11.1. The number of nitrogens with two attached hydrogens (primary N) is 1. The van der Waals surface area contributed by atoms with Crippen LogP contribution in [0.1, 0.15) is 5.56 Å². The Balaban J connectivity index is 1.54. The highest BCUT2D eigenvalue weighted by atomic mass is 16.2. The molecule has 0 atom stereocenters. The zero-order chi connectivity index (χ0) is 16.4. The van der Waals surface area contributed by atoms with Crippen molar-refractivity contribution in [3.05, 3.63) is 66.8 Å². The summed E-state index contributed by atoms with van der Waals surface area (Å²) >= 11 is 0. The molecule has 2 aliphatic heterocycles. The summed E-state index contributed by atoms with van der Waals surface area (Å²) < 4.78 is 0. The van der Waals surface area contributed by atoms with Crippen molar-refractivity contribution in [2.45, 2.75) is 6.54 Å². The maximum atomic E-state index is 12.3. The lowest BCUT2D eigenvalue weighted by atomic mass is 9.72. The van der Waals surface area contributed by atoms with Gasteiger partial charge in [0, 0.05) is 49.4 Å². The minimum Gasteiger partial charge on any atom is -0.370 e. The van der Waals surface area contributed by atoms with Gasteiger partial charge >= 0.3 is 0 Å². The van der Waals surface area contributed by atoms with Crippen LogP contribution in [0.2, 0.25) is 0 Å². The van der Waals surface area contributed by atoms with E-state index in [9.17, 15) is 4.79 Å². The Hall–Kier alpha value is -2.33. The van der Waals surface area contributed by atoms with Gasteiger partial charge in [0.15, 0.2) is 0 Å². The van der Waals surface area contributed by atoms with E-state index in [0.717, 1.165) is 31.7 Å². The number of carbonyl (C=O) groups excluding carboxylic acids is 1. The maximum Gasteiger partial charge on any atom is 0.253 e. The fraction of sp³-hybridized carbons (Fsp3) is 0.316. The number of nitrogens with zero attached hydrogens (tertiary/aromatic N) is 2. The predicted octanol–water partition coefficient (Wildman–Crippen LogP) is 2.09. The molecule has 2 aliphatic rings. The van der Waals surface area contributed by atoms with Crippen molar-refractivity contribution in [3.63, 3.8) is 0 Å². The number of hydrogen-bond acceptors (Lipinski definition) is 3. The lowest BCUT2D eigenvalue weighted by Gasteiger charge is -2.61. The fourth-order valence-electron chi connectivity index (χ4n) is 3.43. The molecule has 0 bridgehead atoms. The molecule has 2 N–H and O–H groups in total. The normalized spacial score (nSPS) is 19.1. The van der Waals surface area contributed by atoms with Gasteiger partial charge in [0.25, 0.3) is 5.91 Å². The molecular weight excluding hydrogens is 286 g/mol. The molecule has 4 nitrogen and oxygen atoms in total. The highest BCUT2D eigenvalue weighted by Gasteiger charge is 2.53. The minimum absolute atomic E-state index is 0.0521. The summed E-state index contributed by atoms with van der Waals surface area (Å²) in [5.74, 6) is 0.0521. The van der Waals surface area contributed by atoms with E-state index < -0.39 is 0 Å². The number of amides is 1. The summed E-state index contributed by atoms with van der Waals surface area (Å²) in [4.78, 5) is 16.6. The quantitative estimate of drug-likeness (QED) is 0.669. The van der Waals surface area contributed by atoms with Gasteiger partial charge in [-0.25, -0.2) is 0 Å². The Bertz CT molecular complexity index is 646. The first-order valence-electron chi connectivity index (χ1n) is 7.89. The zero-order valence-electron chi connectivity index (χ0n) is 13.4. The smallest absolute Gasteiger partial charge is 0.253 e. The molecule has 0 saturated carbocycles. The topological polar surface area (TPSA) is 49.6 Å². The van der Waals surface area contributed by atoms with E-state index in [1.54, 1.807) is 18.2 Å². The van der Waals surface area contributed by atoms with Gasteiger partial charge in [-0.1, -0.05) is 43.5 Å². The predicted molar refractivity (Wildman–Crippen MR) is 94.0 cm³/mol. The first-order valence-corrected chi connectivity index (χ1v) is 7.89. The van der Waals surface area contributed by atoms with E-state index in [2.05, 4.69) is 42.3 Å². The van der Waals surface area contributed by atoms with Crippen LogP contribution in [-0.2, 0) is 11.3 Å². The number of carbonyl (C=O) groups is 1. The van der Waals surface area contributed by atoms with E-state index in [1.165, 1.54) is 5.69 Å². The molecule has 0 radical (unpaired) electrons. The highest BCUT2D eigenvalue weighted by Crippen LogP contribution is 2.42. The van der Waals surface area contributed by atoms with Gasteiger partial charge in [0.1, 0.15) is 0 Å². The molecule has 3 rings (SSSR count). The maximum absolute atomic E-state index is 12.3. The van der Waals surface area contributed by atoms with Crippen molar-refractivity contribution in [1.29, 1.82) is 0 Å². The highest BCUT2D eigenvalue weighted by molar-refractivity contribution is 5.97. The summed E-state index contributed by atoms with van der Waals surface area (Å²) in [6.07, 6.45) is 4.94. The lowest BCUT2D eigenvalue weighted by Crippen LogP contribution is -2.73. The van der Waals surface area contributed by atoms with Gasteiger partial charge in [-0.2, -0.15) is 0 Å². The molecule has 2 heterocycles. The molecule has 4 heteroatoms. The van der Waals surface area contributed by atoms with Crippen molar-refractivity contribution < 1.29 is 4.79 Å². The molecule has 120 valence electrons. The molecule has 0 unspecified atom stereocenters. The largest absolute Gasteiger partial charge is 0.370 e. The molecule has 1 aromatic rings. The van der Waals surface area contributed by atoms with Gasteiger partial charge in [0.2, 0.25) is 0 Å². The second kappa shape index (κ2) is 6.05. The SMILES string of the molecule is C=C/C=C(\C=C)C(=O)N1CC2(C1)CN(c1ccc(CN)cc1)C2. The molecule has 1 amide bonds. The fourth-order valence-corrected chi connectivity index (χ4v) is 3.43. The average Bonchev–Trinajstić information content (AvgIpc) is 2.50. The number of anilines is 1. The number of allylic oxidation sites excluding steroid dienone is 2. The molecule has 0 aromatic heterocycles. The van der Waals surface area contributed by atoms with Crippen LogP contribution >= 0.6 is 0 Å². The Morgan fingerprint density at radius 3 is 2.35 bits per heavy atom. The van der Waals surface area contributed by atoms with Crippen LogP contribution in [0, 0.1) is 5.41 Å². The van der Waals surface area contributed by atoms with Crippen molar-refractivity contribution in [2.24, 2.45) is 11.1 Å². The molecule has 0 aliphatic carbocycles. The number of likely N-dealkylation sites (tertiary alicyclic amines) is 1. The van der Waals surface area contributed by atoms with Crippen molar-refractivity contribution in [2.75, 3.05) is 31.1 Å². The molecule has 2 fully saturated rings. The second-order valence-electron chi connectivity index (χ2n) is 6.45. The Morgan fingerprint density at radius 2 is 1.83 bits per heavy atom. The van der Waals surface area contributed by atoms with Crippen molar-refractivity contribution >= 4 is 11.6 Å². The van der Waals surface area contributed by atoms with E-state index >= 15 is 0 Å². The molecular formula is C19H23N3O. The second-order valence-corrected chi connectivity index (χ2v) is 6.45. The number of hydrogen-bond donors (Lipinski definition) is 1. The zero-order valence-corrected chi connectivity index (χ0v) is 13.4. The summed E-state index contributed by atoms with van der Waals surface area (Å²) in [5.41, 5.74) is 8.89. The third-order valence-corrected chi connectivity index (χ3v) is 4.69. The molecule has 1 aromatic carbocycles. The Morgan fingerprint density at radius 1 is 1.17 bits per heavy atom. The Labute approximate surface area is 137 Å². The summed E-state index contributed by atoms with van der Waals surface area (Å²) in [5, 5.41) is 0. The van der Waals surface area contributed by atoms with Crippen LogP contribution in [0.3, 0.4) is 0 Å². The third-order valence-electron chi connectivity index (χ3n) is 4.69. The molecule has 2 saturated heterocycles. The van der Waals surface area contributed by atoms with Crippen LogP contribution in [0.5, 0.6) is 0 Å². The van der Waals surface area contributed by atoms with Gasteiger partial charge in [-0.15, -0.1) is 0 Å². The van der Waals surface area contributed by atoms with Crippen LogP contribution in [0.25, 0.3) is 0 Å². The van der Waals surface area contributed by atoms with Crippen LogP contribution < -0.4 is 10.6 Å². The van der Waals surface area contributed by atoms with Gasteiger partial charge in [0.05, 0.1) is 0 Å². The van der Waals surface area contributed by atoms with Gasteiger partial charge in [-0.3, -0.25) is 4.79 Å². The number of rotatable bonds is 5. The van der Waals surface area contributed by atoms with E-state index in [-0.39, 0.29) is 11.3 Å². The monoisotopic (exact) mass is 309 g/mol. The van der Waals surface area contributed by atoms with E-state index in [0.29, 0.717) is 12.1 Å². The summed E-state index contributed by atoms with van der Waals surface area (Å²) in [7, 11) is 0. The lowest BCUT2D eigenvalue weighted by molar-refractivity contribution is -0.140. The third kappa shape index (κ3) is 2.82. The van der Waals surface area contributed by atoms with E-state index in [4.69, 9.17) is 5.73 Å². The first kappa shape index (κ1) is 15.6. The summed E-state index contributed by atoms with van der Waals surface area (Å²) in [6.45, 7) is 11.6. The average molecular weight is 309 g/mol. The Kier molecular flexibility index (Phi) is 4.09. The molecule has 1 spiro atoms. The van der Waals surface area contributed by atoms with Crippen molar-refractivity contribution in [1.82, 2.24) is 4.90 Å². The number of benzene rings is 1. The van der Waals surface area contributed by atoms with Crippen LogP contribution in [-0.4, -0.2) is 37.0 Å². The van der Waals surface area contributed by atoms with Crippen LogP contribution in [0.15, 0.2) is 61.2 Å². The van der Waals surface area contributed by atoms with Crippen molar-refractivity contribution in [3.8, 4) is 0 Å². The van der Waals surface area contributed by atoms with Gasteiger partial charge < -0.3 is 15.5 Å².